The Kier molecular flexibility index (Phi) is 5.58. The maximum atomic E-state index is 11.6. The van der Waals surface area contributed by atoms with E-state index in [-0.39, 0.29) is 5.57 Å². The second-order valence-corrected chi connectivity index (χ2v) is 4.31. The number of nitrogens with zero attached hydrogens (tertiary/aromatic N) is 3. The monoisotopic (exact) mass is 276 g/mol. The van der Waals surface area contributed by atoms with E-state index in [4.69, 9.17) is 16.9 Å². The number of nitrogens with one attached hydrogen (secondary N) is 1. The second-order valence-electron chi connectivity index (χ2n) is 3.87. The van der Waals surface area contributed by atoms with Gasteiger partial charge in [-0.05, 0) is 17.7 Å². The highest BCUT2D eigenvalue weighted by Gasteiger charge is 2.07. The molecule has 0 saturated heterocycles. The molecule has 1 aromatic carbocycles. The van der Waals surface area contributed by atoms with Crippen molar-refractivity contribution >= 4 is 23.7 Å². The Balaban J connectivity index is 2.64. The predicted molar refractivity (Wildman–Crippen MR) is 74.6 cm³/mol. The van der Waals surface area contributed by atoms with Crippen molar-refractivity contribution in [2.45, 2.75) is 0 Å². The first-order valence-corrected chi connectivity index (χ1v) is 5.78. The Bertz CT molecular complexity index is 541. The number of benzene rings is 1. The van der Waals surface area contributed by atoms with Gasteiger partial charge < -0.3 is 4.90 Å². The number of amides is 1. The Morgan fingerprint density at radius 1 is 1.42 bits per heavy atom. The van der Waals surface area contributed by atoms with Crippen molar-refractivity contribution in [2.24, 2.45) is 5.10 Å². The van der Waals surface area contributed by atoms with Gasteiger partial charge in [-0.2, -0.15) is 10.4 Å². The highest BCUT2D eigenvalue weighted by Crippen LogP contribution is 2.07. The largest absolute Gasteiger partial charge is 0.382 e. The van der Waals surface area contributed by atoms with Gasteiger partial charge in [0.05, 0.1) is 6.21 Å². The van der Waals surface area contributed by atoms with Gasteiger partial charge in [-0.1, -0.05) is 23.7 Å². The van der Waals surface area contributed by atoms with Gasteiger partial charge in [0.15, 0.2) is 0 Å². The molecule has 19 heavy (non-hydrogen) atoms. The van der Waals surface area contributed by atoms with Crippen molar-refractivity contribution in [1.29, 1.82) is 5.26 Å². The summed E-state index contributed by atoms with van der Waals surface area (Å²) >= 11 is 5.74. The van der Waals surface area contributed by atoms with E-state index in [9.17, 15) is 4.79 Å². The van der Waals surface area contributed by atoms with Crippen molar-refractivity contribution in [3.63, 3.8) is 0 Å². The molecule has 0 saturated carbocycles. The summed E-state index contributed by atoms with van der Waals surface area (Å²) < 4.78 is 0. The van der Waals surface area contributed by atoms with Crippen LogP contribution in [0.4, 0.5) is 0 Å². The summed E-state index contributed by atoms with van der Waals surface area (Å²) in [4.78, 5) is 13.2. The number of hydrogen-bond acceptors (Lipinski definition) is 4. The molecule has 0 fully saturated rings. The molecule has 0 atom stereocenters. The number of carbonyl (C=O) groups excluding carboxylic acids is 1. The van der Waals surface area contributed by atoms with E-state index in [1.54, 1.807) is 49.3 Å². The van der Waals surface area contributed by atoms with Gasteiger partial charge in [-0.3, -0.25) is 4.79 Å². The third-order valence-electron chi connectivity index (χ3n) is 2.00. The molecule has 98 valence electrons. The molecule has 6 heteroatoms. The van der Waals surface area contributed by atoms with Crippen LogP contribution in [0, 0.1) is 11.3 Å². The number of hydrogen-bond donors (Lipinski definition) is 1. The van der Waals surface area contributed by atoms with Crippen LogP contribution in [0.5, 0.6) is 0 Å². The average Bonchev–Trinajstić information content (AvgIpc) is 2.38. The molecule has 0 aliphatic heterocycles. The van der Waals surface area contributed by atoms with Gasteiger partial charge in [0.2, 0.25) is 0 Å². The maximum absolute atomic E-state index is 11.6. The summed E-state index contributed by atoms with van der Waals surface area (Å²) in [6.07, 6.45) is 2.89. The fourth-order valence-electron chi connectivity index (χ4n) is 1.17. The molecule has 5 nitrogen and oxygen atoms in total. The normalized spacial score (nSPS) is 11.2. The SMILES string of the molecule is CN(C)/C=C(\C#N)C(=O)N/N=C\c1ccc(Cl)cc1. The lowest BCUT2D eigenvalue weighted by molar-refractivity contribution is -0.117. The smallest absolute Gasteiger partial charge is 0.283 e. The standard InChI is InChI=1S/C13H13ClN4O/c1-18(2)9-11(7-15)13(19)17-16-8-10-3-5-12(14)6-4-10/h3-6,8-9H,1-2H3,(H,17,19)/b11-9+,16-8-. The summed E-state index contributed by atoms with van der Waals surface area (Å²) in [5, 5.41) is 13.2. The van der Waals surface area contributed by atoms with Crippen molar-refractivity contribution in [2.75, 3.05) is 14.1 Å². The molecular weight excluding hydrogens is 264 g/mol. The van der Waals surface area contributed by atoms with Crippen molar-refractivity contribution < 1.29 is 4.79 Å². The zero-order valence-corrected chi connectivity index (χ0v) is 11.3. The first-order chi connectivity index (χ1) is 9.02. The molecule has 0 aromatic heterocycles. The van der Waals surface area contributed by atoms with E-state index in [2.05, 4.69) is 10.5 Å². The molecule has 0 heterocycles. The minimum atomic E-state index is -0.554. The Labute approximate surface area is 116 Å². The number of hydrazone groups is 1. The minimum Gasteiger partial charge on any atom is -0.382 e. The van der Waals surface area contributed by atoms with Crippen LogP contribution in [0.3, 0.4) is 0 Å². The molecule has 1 aromatic rings. The molecule has 0 radical (unpaired) electrons. The van der Waals surface area contributed by atoms with Crippen LogP contribution in [0.1, 0.15) is 5.56 Å². The first-order valence-electron chi connectivity index (χ1n) is 5.40. The predicted octanol–water partition coefficient (Wildman–Crippen LogP) is 1.76. The zero-order valence-electron chi connectivity index (χ0n) is 10.6. The van der Waals surface area contributed by atoms with Gasteiger partial charge >= 0.3 is 0 Å². The summed E-state index contributed by atoms with van der Waals surface area (Å²) in [5.74, 6) is -0.554. The van der Waals surface area contributed by atoms with Gasteiger partial charge in [0.1, 0.15) is 11.6 Å². The molecule has 1 N–H and O–H groups in total. The molecule has 0 unspecified atom stereocenters. The van der Waals surface area contributed by atoms with Crippen molar-refractivity contribution in [1.82, 2.24) is 10.3 Å². The molecule has 0 bridgehead atoms. The van der Waals surface area contributed by atoms with Gasteiger partial charge in [0.25, 0.3) is 5.91 Å². The fourth-order valence-corrected chi connectivity index (χ4v) is 1.30. The third-order valence-corrected chi connectivity index (χ3v) is 2.25. The number of halogens is 1. The molecule has 0 aliphatic rings. The second kappa shape index (κ2) is 7.19. The zero-order chi connectivity index (χ0) is 14.3. The van der Waals surface area contributed by atoms with Crippen LogP contribution in [-0.4, -0.2) is 31.1 Å². The number of carbonyl (C=O) groups is 1. The Hall–Kier alpha value is -2.32. The van der Waals surface area contributed by atoms with Crippen LogP contribution < -0.4 is 5.43 Å². The molecular formula is C13H13ClN4O. The molecule has 1 rings (SSSR count). The topological polar surface area (TPSA) is 68.5 Å². The summed E-state index contributed by atoms with van der Waals surface area (Å²) in [7, 11) is 3.45. The molecule has 0 aliphatic carbocycles. The summed E-state index contributed by atoms with van der Waals surface area (Å²) in [6, 6.07) is 8.77. The maximum Gasteiger partial charge on any atom is 0.283 e. The summed E-state index contributed by atoms with van der Waals surface area (Å²) in [5.41, 5.74) is 3.06. The molecule has 0 spiro atoms. The lowest BCUT2D eigenvalue weighted by Gasteiger charge is -2.05. The highest BCUT2D eigenvalue weighted by atomic mass is 35.5. The van der Waals surface area contributed by atoms with Gasteiger partial charge in [-0.25, -0.2) is 5.43 Å². The van der Waals surface area contributed by atoms with Crippen LogP contribution in [0.25, 0.3) is 0 Å². The van der Waals surface area contributed by atoms with E-state index in [0.29, 0.717) is 5.02 Å². The van der Waals surface area contributed by atoms with Crippen molar-refractivity contribution in [3.8, 4) is 6.07 Å². The lowest BCUT2D eigenvalue weighted by Crippen LogP contribution is -2.20. The van der Waals surface area contributed by atoms with Crippen LogP contribution in [-0.2, 0) is 4.79 Å². The first kappa shape index (κ1) is 14.7. The van der Waals surface area contributed by atoms with Crippen LogP contribution in [0.15, 0.2) is 41.1 Å². The van der Waals surface area contributed by atoms with Crippen LogP contribution >= 0.6 is 11.6 Å². The van der Waals surface area contributed by atoms with E-state index in [0.717, 1.165) is 5.56 Å². The van der Waals surface area contributed by atoms with Crippen molar-refractivity contribution in [3.05, 3.63) is 46.6 Å². The van der Waals surface area contributed by atoms with E-state index < -0.39 is 5.91 Å². The third kappa shape index (κ3) is 5.23. The molecule has 1 amide bonds. The summed E-state index contributed by atoms with van der Waals surface area (Å²) in [6.45, 7) is 0. The number of nitriles is 1. The Morgan fingerprint density at radius 2 is 2.05 bits per heavy atom. The van der Waals surface area contributed by atoms with E-state index in [1.165, 1.54) is 12.4 Å². The lowest BCUT2D eigenvalue weighted by atomic mass is 10.2. The van der Waals surface area contributed by atoms with E-state index >= 15 is 0 Å². The minimum absolute atomic E-state index is 0.0155. The highest BCUT2D eigenvalue weighted by molar-refractivity contribution is 6.30. The number of rotatable bonds is 4. The quantitative estimate of drug-likeness (QED) is 0.394. The van der Waals surface area contributed by atoms with Gasteiger partial charge in [-0.15, -0.1) is 0 Å². The fraction of sp³-hybridized carbons (Fsp3) is 0.154. The van der Waals surface area contributed by atoms with Crippen LogP contribution in [0.2, 0.25) is 5.02 Å². The van der Waals surface area contributed by atoms with Gasteiger partial charge in [0, 0.05) is 25.3 Å². The average molecular weight is 277 g/mol. The van der Waals surface area contributed by atoms with E-state index in [1.807, 2.05) is 0 Å². The Morgan fingerprint density at radius 3 is 2.58 bits per heavy atom.